The number of hydrogen-bond acceptors (Lipinski definition) is 4. The van der Waals surface area contributed by atoms with E-state index < -0.39 is 0 Å². The van der Waals surface area contributed by atoms with E-state index in [1.165, 1.54) is 11.3 Å². The van der Waals surface area contributed by atoms with Gasteiger partial charge in [-0.25, -0.2) is 0 Å². The van der Waals surface area contributed by atoms with Crippen molar-refractivity contribution in [3.05, 3.63) is 47.5 Å². The maximum absolute atomic E-state index is 10.9. The van der Waals surface area contributed by atoms with E-state index in [1.807, 2.05) is 32.2 Å². The van der Waals surface area contributed by atoms with E-state index in [-0.39, 0.29) is 0 Å². The third-order valence-corrected chi connectivity index (χ3v) is 4.43. The molecule has 1 aliphatic heterocycles. The smallest absolute Gasteiger partial charge is 0.150 e. The summed E-state index contributed by atoms with van der Waals surface area (Å²) in [5.41, 5.74) is 6.52. The van der Waals surface area contributed by atoms with Crippen LogP contribution in [0.4, 0.5) is 11.4 Å². The third-order valence-electron chi connectivity index (χ3n) is 4.43. The highest BCUT2D eigenvalue weighted by molar-refractivity contribution is 5.85. The second-order valence-corrected chi connectivity index (χ2v) is 5.91. The second kappa shape index (κ2) is 6.84. The Morgan fingerprint density at radius 2 is 1.83 bits per heavy atom. The molecule has 0 aliphatic carbocycles. The van der Waals surface area contributed by atoms with Crippen molar-refractivity contribution >= 4 is 17.7 Å². The van der Waals surface area contributed by atoms with Crippen LogP contribution in [0, 0.1) is 6.92 Å². The molecule has 0 atom stereocenters. The van der Waals surface area contributed by atoms with Crippen LogP contribution < -0.4 is 15.5 Å². The molecule has 1 fully saturated rings. The van der Waals surface area contributed by atoms with Gasteiger partial charge in [-0.2, -0.15) is 0 Å². The molecule has 0 bridgehead atoms. The maximum atomic E-state index is 10.9. The van der Waals surface area contributed by atoms with Gasteiger partial charge in [-0.1, -0.05) is 18.2 Å². The summed E-state index contributed by atoms with van der Waals surface area (Å²) in [4.78, 5) is 13.3. The number of nitrogens with zero attached hydrogens (tertiary/aromatic N) is 1. The van der Waals surface area contributed by atoms with Crippen LogP contribution in [0.3, 0.4) is 0 Å². The number of benzene rings is 2. The zero-order chi connectivity index (χ0) is 16.2. The van der Waals surface area contributed by atoms with Gasteiger partial charge in [0.1, 0.15) is 6.29 Å². The van der Waals surface area contributed by atoms with Crippen molar-refractivity contribution in [2.45, 2.75) is 6.92 Å². The average molecular weight is 309 g/mol. The molecule has 1 heterocycles. The van der Waals surface area contributed by atoms with Gasteiger partial charge < -0.3 is 15.5 Å². The number of hydrogen-bond donors (Lipinski definition) is 2. The van der Waals surface area contributed by atoms with Crippen LogP contribution in [0.15, 0.2) is 36.4 Å². The Hall–Kier alpha value is -2.33. The Kier molecular flexibility index (Phi) is 4.63. The predicted octanol–water partition coefficient (Wildman–Crippen LogP) is 2.93. The maximum Gasteiger partial charge on any atom is 0.150 e. The zero-order valence-corrected chi connectivity index (χ0v) is 13.7. The van der Waals surface area contributed by atoms with Crippen molar-refractivity contribution in [1.82, 2.24) is 5.32 Å². The lowest BCUT2D eigenvalue weighted by Gasteiger charge is -2.30. The van der Waals surface area contributed by atoms with E-state index >= 15 is 0 Å². The minimum Gasteiger partial charge on any atom is -0.388 e. The van der Waals surface area contributed by atoms with Gasteiger partial charge in [-0.3, -0.25) is 4.79 Å². The number of piperazine rings is 1. The number of nitrogens with one attached hydrogen (secondary N) is 2. The number of carbonyl (C=O) groups excluding carboxylic acids is 1. The summed E-state index contributed by atoms with van der Waals surface area (Å²) >= 11 is 0. The van der Waals surface area contributed by atoms with E-state index in [4.69, 9.17) is 0 Å². The average Bonchev–Trinajstić information content (AvgIpc) is 2.62. The van der Waals surface area contributed by atoms with Gasteiger partial charge in [-0.05, 0) is 36.2 Å². The molecule has 0 spiro atoms. The molecule has 0 radical (unpaired) electrons. The van der Waals surface area contributed by atoms with E-state index in [0.717, 1.165) is 54.8 Å². The van der Waals surface area contributed by atoms with Crippen molar-refractivity contribution in [2.75, 3.05) is 43.4 Å². The Balaban J connectivity index is 1.98. The van der Waals surface area contributed by atoms with Crippen LogP contribution in [0.1, 0.15) is 15.9 Å². The quantitative estimate of drug-likeness (QED) is 0.852. The summed E-state index contributed by atoms with van der Waals surface area (Å²) in [5, 5.41) is 6.70. The molecular formula is C19H23N3O. The molecule has 120 valence electrons. The summed E-state index contributed by atoms with van der Waals surface area (Å²) in [6.45, 7) is 6.18. The Morgan fingerprint density at radius 3 is 2.48 bits per heavy atom. The summed E-state index contributed by atoms with van der Waals surface area (Å²) in [6.07, 6.45) is 0.892. The Bertz CT molecular complexity index is 706. The number of carbonyl (C=O) groups is 1. The van der Waals surface area contributed by atoms with Gasteiger partial charge in [0.05, 0.1) is 0 Å². The normalized spacial score (nSPS) is 14.6. The second-order valence-electron chi connectivity index (χ2n) is 5.91. The van der Waals surface area contributed by atoms with Gasteiger partial charge in [0.2, 0.25) is 0 Å². The lowest BCUT2D eigenvalue weighted by molar-refractivity contribution is 0.112. The standard InChI is InChI=1S/C19H23N3O/c1-14-11-15(13-23)3-5-17(14)18-6-4-16(12-19(18)20-2)22-9-7-21-8-10-22/h3-6,11-13,20-21H,7-10H2,1-2H3. The summed E-state index contributed by atoms with van der Waals surface area (Å²) in [5.74, 6) is 0. The first-order valence-corrected chi connectivity index (χ1v) is 8.06. The van der Waals surface area contributed by atoms with Crippen molar-refractivity contribution in [3.8, 4) is 11.1 Å². The fourth-order valence-electron chi connectivity index (χ4n) is 3.16. The highest BCUT2D eigenvalue weighted by atomic mass is 16.1. The molecule has 1 aliphatic rings. The number of aldehydes is 1. The molecule has 4 nitrogen and oxygen atoms in total. The minimum absolute atomic E-state index is 0.717. The molecule has 23 heavy (non-hydrogen) atoms. The first-order valence-electron chi connectivity index (χ1n) is 8.06. The molecule has 0 amide bonds. The highest BCUT2D eigenvalue weighted by Gasteiger charge is 2.14. The highest BCUT2D eigenvalue weighted by Crippen LogP contribution is 2.34. The van der Waals surface area contributed by atoms with Gasteiger partial charge in [0.15, 0.2) is 0 Å². The molecule has 2 aromatic rings. The first-order chi connectivity index (χ1) is 11.2. The van der Waals surface area contributed by atoms with Crippen LogP contribution in [-0.4, -0.2) is 39.5 Å². The van der Waals surface area contributed by atoms with E-state index in [2.05, 4.69) is 33.7 Å². The first kappa shape index (κ1) is 15.6. The Morgan fingerprint density at radius 1 is 1.09 bits per heavy atom. The largest absolute Gasteiger partial charge is 0.388 e. The number of aryl methyl sites for hydroxylation is 1. The molecule has 0 aromatic heterocycles. The summed E-state index contributed by atoms with van der Waals surface area (Å²) in [6, 6.07) is 12.4. The van der Waals surface area contributed by atoms with Gasteiger partial charge >= 0.3 is 0 Å². The zero-order valence-electron chi connectivity index (χ0n) is 13.7. The lowest BCUT2D eigenvalue weighted by Crippen LogP contribution is -2.43. The van der Waals surface area contributed by atoms with Crippen LogP contribution in [-0.2, 0) is 0 Å². The monoisotopic (exact) mass is 309 g/mol. The van der Waals surface area contributed by atoms with Crippen LogP contribution in [0.25, 0.3) is 11.1 Å². The van der Waals surface area contributed by atoms with Crippen LogP contribution in [0.5, 0.6) is 0 Å². The number of rotatable bonds is 4. The number of anilines is 2. The van der Waals surface area contributed by atoms with Crippen molar-refractivity contribution in [3.63, 3.8) is 0 Å². The summed E-state index contributed by atoms with van der Waals surface area (Å²) in [7, 11) is 1.95. The SMILES string of the molecule is CNc1cc(N2CCNCC2)ccc1-c1ccc(C=O)cc1C. The molecular weight excluding hydrogens is 286 g/mol. The molecule has 2 N–H and O–H groups in total. The Labute approximate surface area is 137 Å². The van der Waals surface area contributed by atoms with E-state index in [1.54, 1.807) is 0 Å². The fourth-order valence-corrected chi connectivity index (χ4v) is 3.16. The van der Waals surface area contributed by atoms with Crippen molar-refractivity contribution < 1.29 is 4.79 Å². The molecule has 2 aromatic carbocycles. The fraction of sp³-hybridized carbons (Fsp3) is 0.316. The van der Waals surface area contributed by atoms with E-state index in [0.29, 0.717) is 0 Å². The lowest BCUT2D eigenvalue weighted by atomic mass is 9.96. The van der Waals surface area contributed by atoms with Gasteiger partial charge in [0, 0.05) is 55.7 Å². The minimum atomic E-state index is 0.717. The third kappa shape index (κ3) is 3.22. The molecule has 1 saturated heterocycles. The van der Waals surface area contributed by atoms with Gasteiger partial charge in [-0.15, -0.1) is 0 Å². The predicted molar refractivity (Wildman–Crippen MR) is 96.6 cm³/mol. The molecule has 3 rings (SSSR count). The summed E-state index contributed by atoms with van der Waals surface area (Å²) < 4.78 is 0. The molecule has 4 heteroatoms. The molecule has 0 saturated carbocycles. The molecule has 0 unspecified atom stereocenters. The van der Waals surface area contributed by atoms with Crippen molar-refractivity contribution in [1.29, 1.82) is 0 Å². The van der Waals surface area contributed by atoms with E-state index in [9.17, 15) is 4.79 Å². The van der Waals surface area contributed by atoms with Crippen LogP contribution >= 0.6 is 0 Å². The van der Waals surface area contributed by atoms with Crippen LogP contribution in [0.2, 0.25) is 0 Å². The van der Waals surface area contributed by atoms with Gasteiger partial charge in [0.25, 0.3) is 0 Å². The topological polar surface area (TPSA) is 44.4 Å². The van der Waals surface area contributed by atoms with Crippen molar-refractivity contribution in [2.24, 2.45) is 0 Å².